The maximum absolute atomic E-state index is 11.7. The molecule has 0 saturated heterocycles. The second-order valence-electron chi connectivity index (χ2n) is 4.72. The third-order valence-corrected chi connectivity index (χ3v) is 4.08. The molecule has 0 aliphatic rings. The van der Waals surface area contributed by atoms with Crippen LogP contribution in [0.25, 0.3) is 16.3 Å². The van der Waals surface area contributed by atoms with Crippen molar-refractivity contribution in [1.82, 2.24) is 4.98 Å². The van der Waals surface area contributed by atoms with E-state index in [0.717, 1.165) is 15.2 Å². The van der Waals surface area contributed by atoms with Crippen molar-refractivity contribution in [2.75, 3.05) is 7.11 Å². The van der Waals surface area contributed by atoms with Gasteiger partial charge in [-0.3, -0.25) is 0 Å². The number of esters is 2. The van der Waals surface area contributed by atoms with Crippen molar-refractivity contribution in [3.8, 4) is 0 Å². The van der Waals surface area contributed by atoms with Crippen molar-refractivity contribution < 1.29 is 23.5 Å². The summed E-state index contributed by atoms with van der Waals surface area (Å²) in [6.07, 6.45) is 2.91. The fourth-order valence-corrected chi connectivity index (χ4v) is 2.83. The predicted octanol–water partition coefficient (Wildman–Crippen LogP) is 3.43. The standard InChI is InChI=1S/C17H13NO5S/c1-21-17(20)13-7-6-11(23-13)10-22-16(19)9-8-15-18-12-4-2-3-5-14(12)24-15/h2-9H,10H2,1H3/b9-8+. The number of ether oxygens (including phenoxy) is 2. The molecule has 0 radical (unpaired) electrons. The number of furan rings is 1. The first kappa shape index (κ1) is 15.9. The van der Waals surface area contributed by atoms with Gasteiger partial charge in [0.15, 0.2) is 0 Å². The van der Waals surface area contributed by atoms with E-state index in [1.807, 2.05) is 24.3 Å². The van der Waals surface area contributed by atoms with Gasteiger partial charge in [0.25, 0.3) is 0 Å². The Labute approximate surface area is 141 Å². The highest BCUT2D eigenvalue weighted by Gasteiger charge is 2.11. The fourth-order valence-electron chi connectivity index (χ4n) is 1.96. The van der Waals surface area contributed by atoms with Gasteiger partial charge in [-0.2, -0.15) is 0 Å². The highest BCUT2D eigenvalue weighted by atomic mass is 32.1. The summed E-state index contributed by atoms with van der Waals surface area (Å²) >= 11 is 1.49. The first-order chi connectivity index (χ1) is 11.7. The Morgan fingerprint density at radius 1 is 1.25 bits per heavy atom. The molecule has 2 heterocycles. The van der Waals surface area contributed by atoms with Crippen molar-refractivity contribution in [2.24, 2.45) is 0 Å². The summed E-state index contributed by atoms with van der Waals surface area (Å²) < 4.78 is 15.8. The van der Waals surface area contributed by atoms with Gasteiger partial charge in [-0.25, -0.2) is 14.6 Å². The topological polar surface area (TPSA) is 78.6 Å². The van der Waals surface area contributed by atoms with Crippen LogP contribution in [0.3, 0.4) is 0 Å². The number of para-hydroxylation sites is 1. The monoisotopic (exact) mass is 343 g/mol. The normalized spacial score (nSPS) is 11.0. The Morgan fingerprint density at radius 2 is 2.08 bits per heavy atom. The fraction of sp³-hybridized carbons (Fsp3) is 0.118. The minimum absolute atomic E-state index is 0.0635. The molecule has 6 nitrogen and oxygen atoms in total. The van der Waals surface area contributed by atoms with Gasteiger partial charge < -0.3 is 13.9 Å². The number of benzene rings is 1. The molecule has 24 heavy (non-hydrogen) atoms. The average molecular weight is 343 g/mol. The van der Waals surface area contributed by atoms with Crippen molar-refractivity contribution in [2.45, 2.75) is 6.61 Å². The van der Waals surface area contributed by atoms with Crippen LogP contribution in [0, 0.1) is 0 Å². The second kappa shape index (κ2) is 7.10. The zero-order chi connectivity index (χ0) is 16.9. The van der Waals surface area contributed by atoms with Crippen molar-refractivity contribution in [1.29, 1.82) is 0 Å². The Kier molecular flexibility index (Phi) is 4.72. The highest BCUT2D eigenvalue weighted by Crippen LogP contribution is 2.22. The van der Waals surface area contributed by atoms with Crippen LogP contribution in [0.2, 0.25) is 0 Å². The number of nitrogens with zero attached hydrogens (tertiary/aromatic N) is 1. The van der Waals surface area contributed by atoms with Gasteiger partial charge in [0.05, 0.1) is 17.3 Å². The molecule has 0 fully saturated rings. The van der Waals surface area contributed by atoms with Crippen LogP contribution in [0.5, 0.6) is 0 Å². The third kappa shape index (κ3) is 3.69. The minimum atomic E-state index is -0.580. The van der Waals surface area contributed by atoms with Gasteiger partial charge in [-0.15, -0.1) is 11.3 Å². The smallest absolute Gasteiger partial charge is 0.373 e. The molecule has 2 aromatic heterocycles. The van der Waals surface area contributed by atoms with Gasteiger partial charge in [0, 0.05) is 6.08 Å². The van der Waals surface area contributed by atoms with E-state index in [9.17, 15) is 9.59 Å². The molecule has 0 aliphatic carbocycles. The summed E-state index contributed by atoms with van der Waals surface area (Å²) in [5, 5.41) is 0.721. The number of aromatic nitrogens is 1. The molecule has 0 amide bonds. The van der Waals surface area contributed by atoms with E-state index < -0.39 is 11.9 Å². The van der Waals surface area contributed by atoms with Gasteiger partial charge >= 0.3 is 11.9 Å². The third-order valence-electron chi connectivity index (χ3n) is 3.08. The van der Waals surface area contributed by atoms with Crippen LogP contribution >= 0.6 is 11.3 Å². The lowest BCUT2D eigenvalue weighted by Gasteiger charge is -1.98. The molecule has 3 rings (SSSR count). The number of carbonyl (C=O) groups is 2. The number of rotatable bonds is 5. The summed E-state index contributed by atoms with van der Waals surface area (Å²) in [6.45, 7) is -0.0694. The molecular formula is C17H13NO5S. The Morgan fingerprint density at radius 3 is 2.88 bits per heavy atom. The van der Waals surface area contributed by atoms with E-state index in [-0.39, 0.29) is 12.4 Å². The van der Waals surface area contributed by atoms with Gasteiger partial charge in [0.2, 0.25) is 5.76 Å². The summed E-state index contributed by atoms with van der Waals surface area (Å²) in [5.74, 6) is -0.681. The van der Waals surface area contributed by atoms with Gasteiger partial charge in [-0.1, -0.05) is 12.1 Å². The highest BCUT2D eigenvalue weighted by molar-refractivity contribution is 7.19. The first-order valence-electron chi connectivity index (χ1n) is 7.03. The molecule has 0 saturated carbocycles. The summed E-state index contributed by atoms with van der Waals surface area (Å²) in [4.78, 5) is 27.4. The maximum atomic E-state index is 11.7. The van der Waals surface area contributed by atoms with Gasteiger partial charge in [-0.05, 0) is 30.3 Å². The Bertz CT molecular complexity index is 875. The van der Waals surface area contributed by atoms with Crippen LogP contribution in [-0.4, -0.2) is 24.0 Å². The average Bonchev–Trinajstić information content (AvgIpc) is 3.23. The molecule has 0 N–H and O–H groups in total. The number of fused-ring (bicyclic) bond motifs is 1. The van der Waals surface area contributed by atoms with Crippen LogP contribution in [-0.2, 0) is 20.9 Å². The number of methoxy groups -OCH3 is 1. The van der Waals surface area contributed by atoms with Crippen LogP contribution in [0.15, 0.2) is 46.9 Å². The number of hydrogen-bond donors (Lipinski definition) is 0. The number of hydrogen-bond acceptors (Lipinski definition) is 7. The van der Waals surface area contributed by atoms with Crippen molar-refractivity contribution in [3.05, 3.63) is 59.0 Å². The van der Waals surface area contributed by atoms with Crippen LogP contribution in [0.1, 0.15) is 21.3 Å². The van der Waals surface area contributed by atoms with Crippen molar-refractivity contribution in [3.63, 3.8) is 0 Å². The SMILES string of the molecule is COC(=O)c1ccc(COC(=O)/C=C/c2nc3ccccc3s2)o1. The molecule has 0 bridgehead atoms. The van der Waals surface area contributed by atoms with E-state index >= 15 is 0 Å². The minimum Gasteiger partial charge on any atom is -0.463 e. The molecule has 0 atom stereocenters. The lowest BCUT2D eigenvalue weighted by atomic mass is 10.3. The van der Waals surface area contributed by atoms with E-state index in [1.54, 1.807) is 12.1 Å². The zero-order valence-corrected chi connectivity index (χ0v) is 13.5. The Balaban J connectivity index is 1.57. The lowest BCUT2D eigenvalue weighted by Crippen LogP contribution is -2.00. The summed E-state index contributed by atoms with van der Waals surface area (Å²) in [6, 6.07) is 10.8. The van der Waals surface area contributed by atoms with Crippen molar-refractivity contribution >= 4 is 39.6 Å². The molecule has 7 heteroatoms. The first-order valence-corrected chi connectivity index (χ1v) is 7.85. The maximum Gasteiger partial charge on any atom is 0.373 e. The number of carbonyl (C=O) groups excluding carboxylic acids is 2. The summed E-state index contributed by atoms with van der Waals surface area (Å²) in [7, 11) is 1.26. The summed E-state index contributed by atoms with van der Waals surface area (Å²) in [5.41, 5.74) is 0.890. The van der Waals surface area contributed by atoms with E-state index in [4.69, 9.17) is 9.15 Å². The van der Waals surface area contributed by atoms with E-state index in [2.05, 4.69) is 9.72 Å². The lowest BCUT2D eigenvalue weighted by molar-refractivity contribution is -0.139. The largest absolute Gasteiger partial charge is 0.463 e. The van der Waals surface area contributed by atoms with Crippen LogP contribution in [0.4, 0.5) is 0 Å². The van der Waals surface area contributed by atoms with E-state index in [0.29, 0.717) is 5.76 Å². The quantitative estimate of drug-likeness (QED) is 0.522. The molecule has 1 aromatic carbocycles. The van der Waals surface area contributed by atoms with Gasteiger partial charge in [0.1, 0.15) is 17.4 Å². The Hall–Kier alpha value is -2.93. The molecule has 122 valence electrons. The predicted molar refractivity (Wildman–Crippen MR) is 88.5 cm³/mol. The molecule has 0 spiro atoms. The molecular weight excluding hydrogens is 330 g/mol. The zero-order valence-electron chi connectivity index (χ0n) is 12.7. The number of thiazole rings is 1. The molecule has 3 aromatic rings. The molecule has 0 unspecified atom stereocenters. The second-order valence-corrected chi connectivity index (χ2v) is 5.78. The van der Waals surface area contributed by atoms with Crippen LogP contribution < -0.4 is 0 Å². The van der Waals surface area contributed by atoms with E-state index in [1.165, 1.54) is 30.6 Å². The molecule has 0 aliphatic heterocycles.